The number of hydrogen-bond donors (Lipinski definition) is 0. The molecule has 1 aliphatic heterocycles. The van der Waals surface area contributed by atoms with Gasteiger partial charge >= 0.3 is 0 Å². The number of thioether (sulfide) groups is 1. The van der Waals surface area contributed by atoms with Crippen LogP contribution in [-0.2, 0) is 18.4 Å². The summed E-state index contributed by atoms with van der Waals surface area (Å²) in [6.45, 7) is 1.11. The minimum Gasteiger partial charge on any atom is -0.486 e. The van der Waals surface area contributed by atoms with Crippen LogP contribution in [0, 0.1) is 0 Å². The van der Waals surface area contributed by atoms with Crippen LogP contribution in [0.4, 0.5) is 0 Å². The number of carbonyl (C=O) groups is 1. The highest BCUT2D eigenvalue weighted by Gasteiger charge is 2.24. The third kappa shape index (κ3) is 5.46. The molecule has 3 aromatic rings. The molecule has 0 saturated carbocycles. The van der Waals surface area contributed by atoms with Crippen molar-refractivity contribution in [2.75, 3.05) is 26.0 Å². The maximum Gasteiger partial charge on any atom is 0.232 e. The highest BCUT2D eigenvalue weighted by atomic mass is 35.5. The SMILES string of the molecule is CN(C[C@@H]1COc2ccccc2O1)C(=O)CSc1nnc(COc2ccc(Cl)cc2)n1C. The number of aromatic nitrogens is 3. The Hall–Kier alpha value is -2.91. The van der Waals surface area contributed by atoms with Crippen LogP contribution in [0.3, 0.4) is 0 Å². The summed E-state index contributed by atoms with van der Waals surface area (Å²) in [5.74, 6) is 3.00. The number of benzene rings is 2. The van der Waals surface area contributed by atoms with Gasteiger partial charge in [-0.25, -0.2) is 0 Å². The second-order valence-electron chi connectivity index (χ2n) is 7.26. The monoisotopic (exact) mass is 474 g/mol. The van der Waals surface area contributed by atoms with Gasteiger partial charge in [-0.2, -0.15) is 0 Å². The van der Waals surface area contributed by atoms with E-state index in [1.165, 1.54) is 11.8 Å². The molecule has 0 saturated heterocycles. The number of fused-ring (bicyclic) bond motifs is 1. The van der Waals surface area contributed by atoms with Crippen molar-refractivity contribution in [2.24, 2.45) is 7.05 Å². The molecule has 0 radical (unpaired) electrons. The second kappa shape index (κ2) is 10.1. The van der Waals surface area contributed by atoms with E-state index in [9.17, 15) is 4.79 Å². The lowest BCUT2D eigenvalue weighted by molar-refractivity contribution is -0.128. The maximum atomic E-state index is 12.6. The van der Waals surface area contributed by atoms with Crippen molar-refractivity contribution in [2.45, 2.75) is 17.9 Å². The Morgan fingerprint density at radius 2 is 1.97 bits per heavy atom. The Kier molecular flexibility index (Phi) is 7.06. The third-order valence-electron chi connectivity index (χ3n) is 4.90. The molecule has 1 amide bonds. The molecule has 1 aliphatic rings. The molecule has 4 rings (SSSR count). The molecule has 8 nitrogen and oxygen atoms in total. The predicted octanol–water partition coefficient (Wildman–Crippen LogP) is 3.44. The van der Waals surface area contributed by atoms with Gasteiger partial charge in [0, 0.05) is 19.1 Å². The van der Waals surface area contributed by atoms with Crippen LogP contribution < -0.4 is 14.2 Å². The van der Waals surface area contributed by atoms with E-state index in [1.807, 2.05) is 35.9 Å². The number of nitrogens with zero attached hydrogens (tertiary/aromatic N) is 4. The average Bonchev–Trinajstić information content (AvgIpc) is 3.16. The fourth-order valence-electron chi connectivity index (χ4n) is 3.07. The zero-order valence-electron chi connectivity index (χ0n) is 17.7. The van der Waals surface area contributed by atoms with Gasteiger partial charge in [-0.15, -0.1) is 10.2 Å². The topological polar surface area (TPSA) is 78.7 Å². The first-order valence-corrected chi connectivity index (χ1v) is 11.4. The maximum absolute atomic E-state index is 12.6. The molecule has 1 atom stereocenters. The Morgan fingerprint density at radius 1 is 1.22 bits per heavy atom. The third-order valence-corrected chi connectivity index (χ3v) is 6.16. The number of rotatable bonds is 8. The largest absolute Gasteiger partial charge is 0.486 e. The lowest BCUT2D eigenvalue weighted by Crippen LogP contribution is -2.42. The van der Waals surface area contributed by atoms with Gasteiger partial charge in [0.1, 0.15) is 19.0 Å². The summed E-state index contributed by atoms with van der Waals surface area (Å²) in [6.07, 6.45) is -0.213. The predicted molar refractivity (Wildman–Crippen MR) is 122 cm³/mol. The highest BCUT2D eigenvalue weighted by Crippen LogP contribution is 2.31. The fourth-order valence-corrected chi connectivity index (χ4v) is 4.07. The van der Waals surface area contributed by atoms with Crippen molar-refractivity contribution in [1.29, 1.82) is 0 Å². The first kappa shape index (κ1) is 22.3. The molecule has 168 valence electrons. The van der Waals surface area contributed by atoms with Crippen LogP contribution in [0.25, 0.3) is 0 Å². The summed E-state index contributed by atoms with van der Waals surface area (Å²) in [6, 6.07) is 14.6. The van der Waals surface area contributed by atoms with Crippen molar-refractivity contribution < 1.29 is 19.0 Å². The van der Waals surface area contributed by atoms with Gasteiger partial charge in [0.05, 0.1) is 12.3 Å². The standard InChI is InChI=1S/C22H23ClN4O4S/c1-26(11-17-12-30-18-5-3-4-6-19(18)31-17)21(28)14-32-22-25-24-20(27(22)2)13-29-16-9-7-15(23)8-10-16/h3-10,17H,11-14H2,1-2H3/t17-/m1/s1. The van der Waals surface area contributed by atoms with Gasteiger partial charge in [0.15, 0.2) is 28.6 Å². The van der Waals surface area contributed by atoms with E-state index in [4.69, 9.17) is 25.8 Å². The quantitative estimate of drug-likeness (QED) is 0.463. The number of likely N-dealkylation sites (N-methyl/N-ethyl adjacent to an activating group) is 1. The van der Waals surface area contributed by atoms with Gasteiger partial charge in [-0.3, -0.25) is 4.79 Å². The van der Waals surface area contributed by atoms with E-state index < -0.39 is 0 Å². The minimum atomic E-state index is -0.213. The molecular formula is C22H23ClN4O4S. The first-order chi connectivity index (χ1) is 15.5. The van der Waals surface area contributed by atoms with Gasteiger partial charge in [-0.1, -0.05) is 35.5 Å². The fraction of sp³-hybridized carbons (Fsp3) is 0.318. The van der Waals surface area contributed by atoms with Crippen molar-refractivity contribution >= 4 is 29.3 Å². The van der Waals surface area contributed by atoms with Gasteiger partial charge < -0.3 is 23.7 Å². The van der Waals surface area contributed by atoms with Crippen molar-refractivity contribution in [3.63, 3.8) is 0 Å². The summed E-state index contributed by atoms with van der Waals surface area (Å²) >= 11 is 7.22. The molecule has 32 heavy (non-hydrogen) atoms. The van der Waals surface area contributed by atoms with Crippen LogP contribution in [0.2, 0.25) is 5.02 Å². The molecule has 0 spiro atoms. The summed E-state index contributed by atoms with van der Waals surface area (Å²) in [5.41, 5.74) is 0. The lowest BCUT2D eigenvalue weighted by atomic mass is 10.2. The Morgan fingerprint density at radius 3 is 2.75 bits per heavy atom. The summed E-state index contributed by atoms with van der Waals surface area (Å²) in [7, 11) is 3.61. The number of amides is 1. The van der Waals surface area contributed by atoms with Crippen LogP contribution in [0.1, 0.15) is 5.82 Å². The Labute approximate surface area is 195 Å². The minimum absolute atomic E-state index is 0.0283. The summed E-state index contributed by atoms with van der Waals surface area (Å²) in [4.78, 5) is 14.3. The van der Waals surface area contributed by atoms with Crippen molar-refractivity contribution in [1.82, 2.24) is 19.7 Å². The molecule has 0 N–H and O–H groups in total. The van der Waals surface area contributed by atoms with E-state index >= 15 is 0 Å². The zero-order chi connectivity index (χ0) is 22.5. The number of carbonyl (C=O) groups excluding carboxylic acids is 1. The van der Waals surface area contributed by atoms with Crippen molar-refractivity contribution in [3.8, 4) is 17.2 Å². The molecule has 0 unspecified atom stereocenters. The number of ether oxygens (including phenoxy) is 3. The van der Waals surface area contributed by atoms with Gasteiger partial charge in [0.2, 0.25) is 5.91 Å². The van der Waals surface area contributed by atoms with E-state index in [0.29, 0.717) is 40.7 Å². The number of para-hydroxylation sites is 2. The Bertz CT molecular complexity index is 1080. The molecule has 10 heteroatoms. The molecular weight excluding hydrogens is 452 g/mol. The molecule has 0 fully saturated rings. The van der Waals surface area contributed by atoms with Crippen molar-refractivity contribution in [3.05, 3.63) is 59.4 Å². The average molecular weight is 475 g/mol. The van der Waals surface area contributed by atoms with Gasteiger partial charge in [-0.05, 0) is 36.4 Å². The van der Waals surface area contributed by atoms with Gasteiger partial charge in [0.25, 0.3) is 0 Å². The summed E-state index contributed by atoms with van der Waals surface area (Å²) in [5, 5.41) is 9.63. The van der Waals surface area contributed by atoms with Crippen LogP contribution in [0.5, 0.6) is 17.2 Å². The number of hydrogen-bond acceptors (Lipinski definition) is 7. The van der Waals surface area contributed by atoms with E-state index in [1.54, 1.807) is 36.2 Å². The van der Waals surface area contributed by atoms with E-state index in [-0.39, 0.29) is 24.4 Å². The molecule has 2 aromatic carbocycles. The van der Waals surface area contributed by atoms with Crippen LogP contribution in [0.15, 0.2) is 53.7 Å². The molecule has 1 aromatic heterocycles. The van der Waals surface area contributed by atoms with E-state index in [2.05, 4.69) is 10.2 Å². The number of halogens is 1. The second-order valence-corrected chi connectivity index (χ2v) is 8.64. The van der Waals surface area contributed by atoms with E-state index in [0.717, 1.165) is 5.75 Å². The molecule has 0 bridgehead atoms. The van der Waals surface area contributed by atoms with Crippen LogP contribution >= 0.6 is 23.4 Å². The lowest BCUT2D eigenvalue weighted by Gasteiger charge is -2.29. The normalized spacial score (nSPS) is 14.8. The zero-order valence-corrected chi connectivity index (χ0v) is 19.3. The molecule has 0 aliphatic carbocycles. The smallest absolute Gasteiger partial charge is 0.232 e. The summed E-state index contributed by atoms with van der Waals surface area (Å²) < 4.78 is 19.2. The Balaban J connectivity index is 1.25. The first-order valence-electron chi connectivity index (χ1n) is 10.0. The molecule has 2 heterocycles. The van der Waals surface area contributed by atoms with Crippen LogP contribution in [-0.4, -0.2) is 57.6 Å². The highest BCUT2D eigenvalue weighted by molar-refractivity contribution is 7.99.